The molecule has 5 rings (SSSR count). The van der Waals surface area contributed by atoms with E-state index in [0.717, 1.165) is 33.2 Å². The number of nitrogens with one attached hydrogen (secondary N) is 2. The summed E-state index contributed by atoms with van der Waals surface area (Å²) in [7, 11) is -3.48. The van der Waals surface area contributed by atoms with Gasteiger partial charge in [0.2, 0.25) is 10.0 Å². The average molecular weight is 435 g/mol. The highest BCUT2D eigenvalue weighted by atomic mass is 32.2. The van der Waals surface area contributed by atoms with Crippen LogP contribution in [0.15, 0.2) is 71.4 Å². The summed E-state index contributed by atoms with van der Waals surface area (Å²) in [5, 5.41) is 8.14. The first-order valence-corrected chi connectivity index (χ1v) is 11.6. The van der Waals surface area contributed by atoms with Crippen LogP contribution in [0.2, 0.25) is 0 Å². The molecule has 2 aromatic carbocycles. The molecule has 0 unspecified atom stereocenters. The lowest BCUT2D eigenvalue weighted by molar-refractivity contribution is -0.112. The van der Waals surface area contributed by atoms with Crippen LogP contribution in [0.3, 0.4) is 0 Å². The number of piperazine rings is 1. The third-order valence-electron chi connectivity index (χ3n) is 5.68. The van der Waals surface area contributed by atoms with E-state index in [4.69, 9.17) is 0 Å². The Hall–Kier alpha value is -3.07. The fourth-order valence-corrected chi connectivity index (χ4v) is 5.30. The van der Waals surface area contributed by atoms with Gasteiger partial charge in [-0.2, -0.15) is 4.31 Å². The molecule has 158 valence electrons. The molecule has 1 aliphatic carbocycles. The number of allylic oxidation sites excluding steroid dienone is 1. The second-order valence-corrected chi connectivity index (χ2v) is 9.64. The summed E-state index contributed by atoms with van der Waals surface area (Å²) in [4.78, 5) is 17.0. The first kappa shape index (κ1) is 19.9. The number of sulfonamides is 1. The molecule has 0 atom stereocenters. The van der Waals surface area contributed by atoms with E-state index in [-0.39, 0.29) is 10.8 Å². The van der Waals surface area contributed by atoms with Crippen molar-refractivity contribution in [3.63, 3.8) is 0 Å². The molecule has 1 saturated heterocycles. The molecule has 1 fully saturated rings. The maximum Gasteiger partial charge on any atom is 0.252 e. The molecule has 1 aliphatic heterocycles. The van der Waals surface area contributed by atoms with Gasteiger partial charge in [-0.3, -0.25) is 9.78 Å². The first-order valence-electron chi connectivity index (χ1n) is 10.2. The maximum absolute atomic E-state index is 12.8. The van der Waals surface area contributed by atoms with Crippen molar-refractivity contribution in [3.05, 3.63) is 72.1 Å². The highest BCUT2D eigenvalue weighted by Gasteiger charge is 2.30. The molecule has 7 nitrogen and oxygen atoms in total. The summed E-state index contributed by atoms with van der Waals surface area (Å²) in [5.74, 6) is -0.124. The zero-order valence-electron chi connectivity index (χ0n) is 16.8. The maximum atomic E-state index is 12.8. The van der Waals surface area contributed by atoms with Crippen molar-refractivity contribution < 1.29 is 13.2 Å². The smallest absolute Gasteiger partial charge is 0.252 e. The topological polar surface area (TPSA) is 91.4 Å². The van der Waals surface area contributed by atoms with Gasteiger partial charge in [0.15, 0.2) is 0 Å². The predicted molar refractivity (Wildman–Crippen MR) is 120 cm³/mol. The summed E-state index contributed by atoms with van der Waals surface area (Å²) in [6.07, 6.45) is 4.11. The standard InChI is InChI=1S/C23H22N4O3S/c28-23(26-19-4-1-18-15-25-8-7-17(18)13-19)22-14-21(22)16-2-5-20(6-3-16)31(29,30)27-11-9-24-10-12-27/h1-8,13,15,24H,9-12,14H2,(H,26,28). The zero-order chi connectivity index (χ0) is 21.4. The Balaban J connectivity index is 1.30. The number of aromatic nitrogens is 1. The number of hydrogen-bond acceptors (Lipinski definition) is 5. The van der Waals surface area contributed by atoms with Gasteiger partial charge in [0, 0.05) is 61.6 Å². The number of benzene rings is 2. The number of amides is 1. The van der Waals surface area contributed by atoms with Crippen molar-refractivity contribution in [2.75, 3.05) is 31.5 Å². The van der Waals surface area contributed by atoms with Crippen LogP contribution in [0.25, 0.3) is 16.3 Å². The lowest BCUT2D eigenvalue weighted by atomic mass is 10.1. The van der Waals surface area contributed by atoms with Crippen LogP contribution in [-0.4, -0.2) is 49.8 Å². The Morgan fingerprint density at radius 2 is 1.77 bits per heavy atom. The third-order valence-corrected chi connectivity index (χ3v) is 7.59. The molecule has 2 N–H and O–H groups in total. The molecular formula is C23H22N4O3S. The molecular weight excluding hydrogens is 412 g/mol. The van der Waals surface area contributed by atoms with Crippen LogP contribution < -0.4 is 10.6 Å². The Morgan fingerprint density at radius 3 is 2.55 bits per heavy atom. The van der Waals surface area contributed by atoms with E-state index in [1.807, 2.05) is 24.3 Å². The molecule has 2 heterocycles. The van der Waals surface area contributed by atoms with Crippen LogP contribution in [-0.2, 0) is 14.8 Å². The molecule has 2 aliphatic rings. The second-order valence-electron chi connectivity index (χ2n) is 7.70. The lowest BCUT2D eigenvalue weighted by Gasteiger charge is -2.26. The number of anilines is 1. The van der Waals surface area contributed by atoms with Crippen LogP contribution >= 0.6 is 0 Å². The van der Waals surface area contributed by atoms with Gasteiger partial charge in [0.05, 0.1) is 4.90 Å². The Bertz CT molecular complexity index is 1290. The van der Waals surface area contributed by atoms with E-state index in [1.165, 1.54) is 4.31 Å². The first-order chi connectivity index (χ1) is 15.0. The van der Waals surface area contributed by atoms with Gasteiger partial charge in [0.25, 0.3) is 5.91 Å². The molecule has 0 saturated carbocycles. The number of rotatable bonds is 5. The van der Waals surface area contributed by atoms with Crippen molar-refractivity contribution in [1.82, 2.24) is 14.6 Å². The van der Waals surface area contributed by atoms with Crippen molar-refractivity contribution in [2.45, 2.75) is 11.3 Å². The van der Waals surface area contributed by atoms with Crippen molar-refractivity contribution >= 4 is 38.0 Å². The van der Waals surface area contributed by atoms with E-state index >= 15 is 0 Å². The highest BCUT2D eigenvalue weighted by molar-refractivity contribution is 7.89. The Kier molecular flexibility index (Phi) is 5.05. The van der Waals surface area contributed by atoms with Gasteiger partial charge in [-0.25, -0.2) is 8.42 Å². The number of hydrogen-bond donors (Lipinski definition) is 2. The monoisotopic (exact) mass is 434 g/mol. The van der Waals surface area contributed by atoms with Crippen LogP contribution in [0.4, 0.5) is 5.69 Å². The van der Waals surface area contributed by atoms with Gasteiger partial charge < -0.3 is 10.6 Å². The molecule has 0 bridgehead atoms. The van der Waals surface area contributed by atoms with Crippen LogP contribution in [0, 0.1) is 0 Å². The van der Waals surface area contributed by atoms with Crippen molar-refractivity contribution in [2.24, 2.45) is 0 Å². The van der Waals surface area contributed by atoms with Gasteiger partial charge in [-0.05, 0) is 46.9 Å². The number of fused-ring (bicyclic) bond motifs is 1. The highest BCUT2D eigenvalue weighted by Crippen LogP contribution is 2.41. The van der Waals surface area contributed by atoms with E-state index in [9.17, 15) is 13.2 Å². The van der Waals surface area contributed by atoms with Gasteiger partial charge in [-0.1, -0.05) is 18.2 Å². The second kappa shape index (κ2) is 7.88. The largest absolute Gasteiger partial charge is 0.322 e. The third kappa shape index (κ3) is 3.97. The van der Waals surface area contributed by atoms with Crippen LogP contribution in [0.5, 0.6) is 0 Å². The lowest BCUT2D eigenvalue weighted by Crippen LogP contribution is -2.46. The average Bonchev–Trinajstić information content (AvgIpc) is 3.61. The van der Waals surface area contributed by atoms with Gasteiger partial charge in [0.1, 0.15) is 0 Å². The minimum absolute atomic E-state index is 0.124. The Morgan fingerprint density at radius 1 is 1.00 bits per heavy atom. The summed E-state index contributed by atoms with van der Waals surface area (Å²) < 4.78 is 27.0. The molecule has 3 aromatic rings. The molecule has 1 amide bonds. The van der Waals surface area contributed by atoms with E-state index in [1.54, 1.807) is 36.7 Å². The van der Waals surface area contributed by atoms with Crippen molar-refractivity contribution in [1.29, 1.82) is 0 Å². The fourth-order valence-electron chi connectivity index (χ4n) is 3.86. The van der Waals surface area contributed by atoms with E-state index < -0.39 is 10.0 Å². The summed E-state index contributed by atoms with van der Waals surface area (Å²) >= 11 is 0. The fraction of sp³-hybridized carbons (Fsp3) is 0.217. The summed E-state index contributed by atoms with van der Waals surface area (Å²) in [5.41, 5.74) is 3.30. The SMILES string of the molecule is O=C(Nc1ccc2cnccc2c1)C1=C(c2ccc(S(=O)(=O)N3CCNCC3)cc2)C1. The predicted octanol–water partition coefficient (Wildman–Crippen LogP) is 2.62. The van der Waals surface area contributed by atoms with E-state index in [2.05, 4.69) is 15.6 Å². The summed E-state index contributed by atoms with van der Waals surface area (Å²) in [6, 6.07) is 14.4. The van der Waals surface area contributed by atoms with Gasteiger partial charge >= 0.3 is 0 Å². The minimum atomic E-state index is -3.48. The molecule has 1 aromatic heterocycles. The molecule has 8 heteroatoms. The normalized spacial score (nSPS) is 17.0. The van der Waals surface area contributed by atoms with E-state index in [0.29, 0.717) is 32.6 Å². The molecule has 0 radical (unpaired) electrons. The zero-order valence-corrected chi connectivity index (χ0v) is 17.7. The number of carbonyl (C=O) groups excluding carboxylic acids is 1. The molecule has 31 heavy (non-hydrogen) atoms. The quantitative estimate of drug-likeness (QED) is 0.644. The number of nitrogens with zero attached hydrogens (tertiary/aromatic N) is 2. The minimum Gasteiger partial charge on any atom is -0.322 e. The van der Waals surface area contributed by atoms with Gasteiger partial charge in [-0.15, -0.1) is 0 Å². The van der Waals surface area contributed by atoms with Crippen molar-refractivity contribution in [3.8, 4) is 0 Å². The number of pyridine rings is 1. The van der Waals surface area contributed by atoms with Crippen LogP contribution in [0.1, 0.15) is 12.0 Å². The summed E-state index contributed by atoms with van der Waals surface area (Å²) in [6.45, 7) is 2.28. The molecule has 0 spiro atoms. The Labute approximate surface area is 180 Å². The number of carbonyl (C=O) groups is 1.